The molecule has 0 saturated heterocycles. The van der Waals surface area contributed by atoms with Gasteiger partial charge in [-0.15, -0.1) is 0 Å². The number of hydrogen-bond acceptors (Lipinski definition) is 4. The molecule has 0 aliphatic heterocycles. The summed E-state index contributed by atoms with van der Waals surface area (Å²) in [6.45, 7) is 2.43. The van der Waals surface area contributed by atoms with Crippen LogP contribution in [0.3, 0.4) is 0 Å². The van der Waals surface area contributed by atoms with E-state index in [2.05, 4.69) is 10.4 Å². The summed E-state index contributed by atoms with van der Waals surface area (Å²) in [4.78, 5) is 15.0. The largest absolute Gasteiger partial charge is 0.480 e. The summed E-state index contributed by atoms with van der Waals surface area (Å²) in [6.07, 6.45) is 3.12. The Hall–Kier alpha value is -1.34. The number of carboxylic acid groups (broad SMARTS) is 1. The lowest BCUT2D eigenvalue weighted by molar-refractivity contribution is -0.144. The number of hydrazine groups is 1. The highest BCUT2D eigenvalue weighted by Gasteiger charge is 2.31. The van der Waals surface area contributed by atoms with Crippen LogP contribution < -0.4 is 22.7 Å². The Balaban J connectivity index is 3.96. The minimum absolute atomic E-state index is 0.177. The quantitative estimate of drug-likeness (QED) is 0.129. The van der Waals surface area contributed by atoms with Gasteiger partial charge in [0.15, 0.2) is 0 Å². The fourth-order valence-corrected chi connectivity index (χ4v) is 1.58. The highest BCUT2D eigenvalue weighted by molar-refractivity contribution is 5.78. The molecule has 0 aromatic rings. The second kappa shape index (κ2) is 7.86. The molecule has 0 spiro atoms. The molecule has 0 aliphatic rings. The maximum atomic E-state index is 11.0. The first-order chi connectivity index (χ1) is 7.96. The van der Waals surface area contributed by atoms with Crippen LogP contribution in [0, 0.1) is 0 Å². The minimum Gasteiger partial charge on any atom is -0.480 e. The third-order valence-corrected chi connectivity index (χ3v) is 2.58. The number of rotatable bonds is 8. The number of aliphatic imine (C=N–C) groups is 1. The van der Waals surface area contributed by atoms with Gasteiger partial charge in [-0.3, -0.25) is 15.2 Å². The van der Waals surface area contributed by atoms with Crippen LogP contribution in [0.1, 0.15) is 39.0 Å². The fraction of sp³-hybridized carbons (Fsp3) is 0.800. The van der Waals surface area contributed by atoms with Gasteiger partial charge in [-0.1, -0.05) is 13.3 Å². The van der Waals surface area contributed by atoms with E-state index < -0.39 is 11.5 Å². The first-order valence-corrected chi connectivity index (χ1v) is 5.75. The number of aliphatic carboxylic acids is 1. The minimum atomic E-state index is -1.11. The topological polar surface area (TPSA) is 140 Å². The summed E-state index contributed by atoms with van der Waals surface area (Å²) < 4.78 is 0. The van der Waals surface area contributed by atoms with E-state index in [4.69, 9.17) is 22.4 Å². The molecule has 0 amide bonds. The monoisotopic (exact) mass is 245 g/mol. The first-order valence-electron chi connectivity index (χ1n) is 5.75. The van der Waals surface area contributed by atoms with Crippen molar-refractivity contribution in [2.24, 2.45) is 22.3 Å². The molecule has 100 valence electrons. The van der Waals surface area contributed by atoms with Crippen molar-refractivity contribution in [3.8, 4) is 0 Å². The number of carbonyl (C=O) groups is 1. The van der Waals surface area contributed by atoms with Gasteiger partial charge in [0, 0.05) is 6.54 Å². The summed E-state index contributed by atoms with van der Waals surface area (Å²) in [7, 11) is 0. The molecule has 0 aromatic heterocycles. The molecule has 0 radical (unpaired) electrons. The van der Waals surface area contributed by atoms with Crippen LogP contribution in [0.25, 0.3) is 0 Å². The van der Waals surface area contributed by atoms with E-state index in [9.17, 15) is 4.79 Å². The van der Waals surface area contributed by atoms with Crippen molar-refractivity contribution in [2.75, 3.05) is 6.54 Å². The molecule has 0 unspecified atom stereocenters. The number of carboxylic acids is 1. The summed E-state index contributed by atoms with van der Waals surface area (Å²) in [5.74, 6) is 4.27. The van der Waals surface area contributed by atoms with Gasteiger partial charge in [-0.05, 0) is 25.7 Å². The highest BCUT2D eigenvalue weighted by atomic mass is 16.4. The van der Waals surface area contributed by atoms with Crippen molar-refractivity contribution >= 4 is 11.9 Å². The average Bonchev–Trinajstić information content (AvgIpc) is 2.28. The molecule has 0 aliphatic carbocycles. The number of hydrogen-bond donors (Lipinski definition) is 5. The van der Waals surface area contributed by atoms with Crippen LogP contribution in [0.15, 0.2) is 4.99 Å². The van der Waals surface area contributed by atoms with Crippen LogP contribution in [0.4, 0.5) is 0 Å². The van der Waals surface area contributed by atoms with Crippen molar-refractivity contribution in [2.45, 2.75) is 44.6 Å². The van der Waals surface area contributed by atoms with Gasteiger partial charge in [-0.2, -0.15) is 0 Å². The van der Waals surface area contributed by atoms with E-state index in [1.165, 1.54) is 0 Å². The Bertz CT molecular complexity index is 269. The maximum absolute atomic E-state index is 11.0. The van der Waals surface area contributed by atoms with Gasteiger partial charge in [-0.25, -0.2) is 5.84 Å². The Labute approximate surface area is 101 Å². The van der Waals surface area contributed by atoms with Gasteiger partial charge in [0.2, 0.25) is 5.96 Å². The van der Waals surface area contributed by atoms with Crippen LogP contribution in [-0.2, 0) is 4.79 Å². The van der Waals surface area contributed by atoms with Gasteiger partial charge < -0.3 is 16.6 Å². The molecule has 0 heterocycles. The predicted octanol–water partition coefficient (Wildman–Crippen LogP) is -0.483. The van der Waals surface area contributed by atoms with Gasteiger partial charge >= 0.3 is 5.97 Å². The van der Waals surface area contributed by atoms with Crippen LogP contribution >= 0.6 is 0 Å². The normalized spacial score (nSPS) is 15.4. The zero-order valence-corrected chi connectivity index (χ0v) is 10.3. The Kier molecular flexibility index (Phi) is 7.24. The SMILES string of the molecule is CCC[C@](N)(CCCCN=C(N)NN)C(=O)O. The summed E-state index contributed by atoms with van der Waals surface area (Å²) in [5.41, 5.74) is 12.3. The zero-order chi connectivity index (χ0) is 13.3. The van der Waals surface area contributed by atoms with Crippen LogP contribution in [0.5, 0.6) is 0 Å². The standard InChI is InChI=1S/C10H23N5O2/c1-2-5-10(12,8(16)17)6-3-4-7-14-9(11)15-13/h2-7,12-13H2,1H3,(H,16,17)(H3,11,14,15)/t10-/m0/s1. The second-order valence-electron chi connectivity index (χ2n) is 4.08. The van der Waals surface area contributed by atoms with Gasteiger partial charge in [0.05, 0.1) is 0 Å². The molecule has 0 bridgehead atoms. The van der Waals surface area contributed by atoms with E-state index in [0.29, 0.717) is 25.8 Å². The molecule has 8 N–H and O–H groups in total. The number of nitrogens with zero attached hydrogens (tertiary/aromatic N) is 1. The molecule has 7 heteroatoms. The van der Waals surface area contributed by atoms with E-state index >= 15 is 0 Å². The van der Waals surface area contributed by atoms with Crippen molar-refractivity contribution in [3.05, 3.63) is 0 Å². The predicted molar refractivity (Wildman–Crippen MR) is 67.1 cm³/mol. The molecule has 0 saturated carbocycles. The molecular formula is C10H23N5O2. The van der Waals surface area contributed by atoms with E-state index in [1.807, 2.05) is 6.92 Å². The Morgan fingerprint density at radius 1 is 1.41 bits per heavy atom. The van der Waals surface area contributed by atoms with Crippen molar-refractivity contribution < 1.29 is 9.90 Å². The first kappa shape index (κ1) is 15.7. The molecule has 0 rings (SSSR count). The summed E-state index contributed by atoms with van der Waals surface area (Å²) in [6, 6.07) is 0. The lowest BCUT2D eigenvalue weighted by Crippen LogP contribution is -2.47. The van der Waals surface area contributed by atoms with Crippen molar-refractivity contribution in [1.82, 2.24) is 5.43 Å². The highest BCUT2D eigenvalue weighted by Crippen LogP contribution is 2.18. The molecule has 7 nitrogen and oxygen atoms in total. The molecule has 0 fully saturated rings. The van der Waals surface area contributed by atoms with E-state index in [0.717, 1.165) is 12.8 Å². The molecular weight excluding hydrogens is 222 g/mol. The van der Waals surface area contributed by atoms with Crippen molar-refractivity contribution in [3.63, 3.8) is 0 Å². The van der Waals surface area contributed by atoms with E-state index in [1.54, 1.807) is 0 Å². The lowest BCUT2D eigenvalue weighted by atomic mass is 9.89. The second-order valence-corrected chi connectivity index (χ2v) is 4.08. The molecule has 17 heavy (non-hydrogen) atoms. The maximum Gasteiger partial charge on any atom is 0.323 e. The summed E-state index contributed by atoms with van der Waals surface area (Å²) in [5, 5.41) is 9.05. The molecule has 0 aromatic carbocycles. The zero-order valence-electron chi connectivity index (χ0n) is 10.3. The fourth-order valence-electron chi connectivity index (χ4n) is 1.58. The number of nitrogens with two attached hydrogens (primary N) is 3. The third kappa shape index (κ3) is 6.08. The van der Waals surface area contributed by atoms with E-state index in [-0.39, 0.29) is 5.96 Å². The van der Waals surface area contributed by atoms with Crippen LogP contribution in [0.2, 0.25) is 0 Å². The van der Waals surface area contributed by atoms with Crippen molar-refractivity contribution in [1.29, 1.82) is 0 Å². The molecule has 1 atom stereocenters. The number of nitrogens with one attached hydrogen (secondary N) is 1. The Morgan fingerprint density at radius 2 is 2.06 bits per heavy atom. The Morgan fingerprint density at radius 3 is 2.53 bits per heavy atom. The summed E-state index contributed by atoms with van der Waals surface area (Å²) >= 11 is 0. The third-order valence-electron chi connectivity index (χ3n) is 2.58. The smallest absolute Gasteiger partial charge is 0.323 e. The lowest BCUT2D eigenvalue weighted by Gasteiger charge is -2.23. The average molecular weight is 245 g/mol. The number of unbranched alkanes of at least 4 members (excludes halogenated alkanes) is 1. The van der Waals surface area contributed by atoms with Gasteiger partial charge in [0.25, 0.3) is 0 Å². The van der Waals surface area contributed by atoms with Crippen LogP contribution in [-0.4, -0.2) is 29.1 Å². The van der Waals surface area contributed by atoms with Gasteiger partial charge in [0.1, 0.15) is 5.54 Å². The number of guanidine groups is 1.